The third kappa shape index (κ3) is 5.93. The first-order valence-corrected chi connectivity index (χ1v) is 11.3. The first-order chi connectivity index (χ1) is 12.5. The summed E-state index contributed by atoms with van der Waals surface area (Å²) >= 11 is 5.47. The van der Waals surface area contributed by atoms with E-state index in [1.54, 1.807) is 12.1 Å². The van der Waals surface area contributed by atoms with Crippen LogP contribution in [0, 0.1) is 0 Å². The predicted octanol–water partition coefficient (Wildman–Crippen LogP) is 1.92. The topological polar surface area (TPSA) is 144 Å². The van der Waals surface area contributed by atoms with Crippen LogP contribution in [0.4, 0.5) is 11.4 Å². The lowest BCUT2D eigenvalue weighted by Gasteiger charge is -2.09. The fraction of sp³-hybridized carbons (Fsp3) is 0.188. The van der Waals surface area contributed by atoms with Crippen LogP contribution >= 0.6 is 11.6 Å². The van der Waals surface area contributed by atoms with Gasteiger partial charge < -0.3 is 11.1 Å². The molecule has 2 rings (SSSR count). The van der Waals surface area contributed by atoms with Gasteiger partial charge in [-0.15, -0.1) is 11.6 Å². The van der Waals surface area contributed by atoms with Crippen molar-refractivity contribution in [3.8, 4) is 0 Å². The number of amides is 1. The summed E-state index contributed by atoms with van der Waals surface area (Å²) in [6.07, 6.45) is 0. The Balaban J connectivity index is 2.19. The van der Waals surface area contributed by atoms with Crippen LogP contribution in [-0.4, -0.2) is 38.9 Å². The molecule has 27 heavy (non-hydrogen) atoms. The number of nitrogens with two attached hydrogens (primary N) is 1. The molecule has 0 heterocycles. The first-order valence-electron chi connectivity index (χ1n) is 7.55. The number of halogens is 1. The largest absolute Gasteiger partial charge is 0.398 e. The number of alkyl halides is 1. The number of nitrogen functional groups attached to an aromatic ring is 1. The molecule has 0 radical (unpaired) electrons. The van der Waals surface area contributed by atoms with Crippen LogP contribution in [0.2, 0.25) is 0 Å². The number of anilines is 2. The highest BCUT2D eigenvalue weighted by molar-refractivity contribution is 7.90. The lowest BCUT2D eigenvalue weighted by molar-refractivity contribution is 0.102. The Hall–Kier alpha value is -2.14. The SMILES string of the molecule is Nc1cc(NC(=O)c2cccc(CS(=O)(=O)CCCl)c2)ccc1S(=O)(=O)O. The van der Waals surface area contributed by atoms with Crippen LogP contribution in [0.3, 0.4) is 0 Å². The van der Waals surface area contributed by atoms with Crippen LogP contribution in [0.25, 0.3) is 0 Å². The Morgan fingerprint density at radius 2 is 1.81 bits per heavy atom. The minimum absolute atomic E-state index is 0.0104. The summed E-state index contributed by atoms with van der Waals surface area (Å²) in [4.78, 5) is 11.9. The van der Waals surface area contributed by atoms with Gasteiger partial charge in [0, 0.05) is 17.1 Å². The third-order valence-corrected chi connectivity index (χ3v) is 6.45. The van der Waals surface area contributed by atoms with Crippen molar-refractivity contribution in [2.24, 2.45) is 0 Å². The van der Waals surface area contributed by atoms with E-state index in [2.05, 4.69) is 5.32 Å². The molecule has 1 amide bonds. The molecule has 4 N–H and O–H groups in total. The van der Waals surface area contributed by atoms with Gasteiger partial charge in [-0.1, -0.05) is 12.1 Å². The summed E-state index contributed by atoms with van der Waals surface area (Å²) in [5.41, 5.74) is 6.22. The fourth-order valence-corrected chi connectivity index (χ4v) is 4.68. The minimum atomic E-state index is -4.46. The zero-order chi connectivity index (χ0) is 20.2. The summed E-state index contributed by atoms with van der Waals surface area (Å²) in [5, 5.41) is 2.53. The Kier molecular flexibility index (Phi) is 6.47. The molecule has 0 fully saturated rings. The van der Waals surface area contributed by atoms with Gasteiger partial charge in [-0.3, -0.25) is 9.35 Å². The number of hydrogen-bond donors (Lipinski definition) is 3. The van der Waals surface area contributed by atoms with E-state index in [-0.39, 0.29) is 34.3 Å². The Morgan fingerprint density at radius 3 is 2.41 bits per heavy atom. The molecule has 0 saturated carbocycles. The molecule has 0 aliphatic heterocycles. The highest BCUT2D eigenvalue weighted by atomic mass is 35.5. The van der Waals surface area contributed by atoms with E-state index in [4.69, 9.17) is 21.9 Å². The van der Waals surface area contributed by atoms with E-state index >= 15 is 0 Å². The number of benzene rings is 2. The molecule has 2 aromatic rings. The van der Waals surface area contributed by atoms with Gasteiger partial charge in [0.2, 0.25) is 0 Å². The normalized spacial score (nSPS) is 11.9. The van der Waals surface area contributed by atoms with Gasteiger partial charge >= 0.3 is 0 Å². The number of sulfone groups is 1. The fourth-order valence-electron chi connectivity index (χ4n) is 2.31. The summed E-state index contributed by atoms with van der Waals surface area (Å²) < 4.78 is 55.0. The number of carbonyl (C=O) groups is 1. The van der Waals surface area contributed by atoms with Crippen molar-refractivity contribution in [3.05, 3.63) is 53.6 Å². The van der Waals surface area contributed by atoms with E-state index in [1.165, 1.54) is 24.3 Å². The van der Waals surface area contributed by atoms with Crippen LogP contribution in [-0.2, 0) is 25.7 Å². The lowest BCUT2D eigenvalue weighted by Crippen LogP contribution is -2.14. The van der Waals surface area contributed by atoms with Crippen molar-refractivity contribution in [3.63, 3.8) is 0 Å². The number of carbonyl (C=O) groups excluding carboxylic acids is 1. The summed E-state index contributed by atoms with van der Waals surface area (Å²) in [6.45, 7) is 0. The Morgan fingerprint density at radius 1 is 1.11 bits per heavy atom. The van der Waals surface area contributed by atoms with Gasteiger partial charge in [-0.2, -0.15) is 8.42 Å². The third-order valence-electron chi connectivity index (χ3n) is 3.51. The quantitative estimate of drug-likeness (QED) is 0.344. The zero-order valence-corrected chi connectivity index (χ0v) is 16.3. The van der Waals surface area contributed by atoms with Gasteiger partial charge in [0.05, 0.1) is 17.2 Å². The standard InChI is InChI=1S/C16H17ClN2O6S2/c17-6-7-26(21,22)10-11-2-1-3-12(8-11)16(20)19-13-4-5-15(14(18)9-13)27(23,24)25/h1-5,8-9H,6-7,10,18H2,(H,19,20)(H,23,24,25). The second kappa shape index (κ2) is 8.26. The monoisotopic (exact) mass is 432 g/mol. The Labute approximate surface area is 162 Å². The Bertz CT molecular complexity index is 1070. The molecule has 146 valence electrons. The number of rotatable bonds is 7. The molecule has 0 aromatic heterocycles. The van der Waals surface area contributed by atoms with Crippen LogP contribution in [0.5, 0.6) is 0 Å². The molecule has 0 saturated heterocycles. The van der Waals surface area contributed by atoms with E-state index in [9.17, 15) is 21.6 Å². The average molecular weight is 433 g/mol. The van der Waals surface area contributed by atoms with Crippen molar-refractivity contribution < 1.29 is 26.2 Å². The second-order valence-electron chi connectivity index (χ2n) is 5.66. The van der Waals surface area contributed by atoms with Gasteiger partial charge in [-0.25, -0.2) is 8.42 Å². The summed E-state index contributed by atoms with van der Waals surface area (Å²) in [5.74, 6) is -0.948. The van der Waals surface area contributed by atoms with Crippen molar-refractivity contribution in [2.75, 3.05) is 22.7 Å². The molecule has 0 spiro atoms. The smallest absolute Gasteiger partial charge is 0.296 e. The van der Waals surface area contributed by atoms with Crippen molar-refractivity contribution in [1.82, 2.24) is 0 Å². The summed E-state index contributed by atoms with van der Waals surface area (Å²) in [7, 11) is -7.83. The minimum Gasteiger partial charge on any atom is -0.398 e. The van der Waals surface area contributed by atoms with Gasteiger partial charge in [0.1, 0.15) is 4.90 Å². The maximum absolute atomic E-state index is 12.4. The highest BCUT2D eigenvalue weighted by Gasteiger charge is 2.16. The van der Waals surface area contributed by atoms with E-state index < -0.39 is 30.8 Å². The number of hydrogen-bond acceptors (Lipinski definition) is 6. The maximum Gasteiger partial charge on any atom is 0.296 e. The lowest BCUT2D eigenvalue weighted by atomic mass is 10.1. The van der Waals surface area contributed by atoms with Gasteiger partial charge in [0.25, 0.3) is 16.0 Å². The van der Waals surface area contributed by atoms with Crippen molar-refractivity contribution >= 4 is 48.8 Å². The average Bonchev–Trinajstić information content (AvgIpc) is 2.53. The van der Waals surface area contributed by atoms with E-state index in [1.807, 2.05) is 0 Å². The molecule has 0 aliphatic carbocycles. The maximum atomic E-state index is 12.4. The van der Waals surface area contributed by atoms with Crippen molar-refractivity contribution in [2.45, 2.75) is 10.6 Å². The molecule has 0 atom stereocenters. The molecule has 11 heteroatoms. The van der Waals surface area contributed by atoms with Crippen molar-refractivity contribution in [1.29, 1.82) is 0 Å². The molecular weight excluding hydrogens is 416 g/mol. The van der Waals surface area contributed by atoms with Crippen LogP contribution < -0.4 is 11.1 Å². The predicted molar refractivity (Wildman–Crippen MR) is 103 cm³/mol. The molecule has 0 aliphatic rings. The van der Waals surface area contributed by atoms with Gasteiger partial charge in [-0.05, 0) is 35.9 Å². The molecule has 0 unspecified atom stereocenters. The molecular formula is C16H17ClN2O6S2. The number of nitrogens with one attached hydrogen (secondary N) is 1. The molecule has 2 aromatic carbocycles. The van der Waals surface area contributed by atoms with Crippen LogP contribution in [0.1, 0.15) is 15.9 Å². The van der Waals surface area contributed by atoms with E-state index in [0.29, 0.717) is 5.56 Å². The zero-order valence-electron chi connectivity index (χ0n) is 13.9. The highest BCUT2D eigenvalue weighted by Crippen LogP contribution is 2.23. The molecule has 0 bridgehead atoms. The van der Waals surface area contributed by atoms with E-state index in [0.717, 1.165) is 6.07 Å². The first kappa shape index (κ1) is 21.2. The summed E-state index contributed by atoms with van der Waals surface area (Å²) in [6, 6.07) is 9.61. The second-order valence-corrected chi connectivity index (χ2v) is 9.62. The van der Waals surface area contributed by atoms with Gasteiger partial charge in [0.15, 0.2) is 9.84 Å². The molecule has 8 nitrogen and oxygen atoms in total. The van der Waals surface area contributed by atoms with Crippen LogP contribution in [0.15, 0.2) is 47.4 Å².